The molecule has 8 nitrogen and oxygen atoms in total. The summed E-state index contributed by atoms with van der Waals surface area (Å²) >= 11 is 0. The summed E-state index contributed by atoms with van der Waals surface area (Å²) in [7, 11) is -4.59. The maximum absolute atomic E-state index is 10.9. The fourth-order valence-electron chi connectivity index (χ4n) is 2.84. The largest absolute Gasteiger partial charge is 0.494 e. The van der Waals surface area contributed by atoms with Gasteiger partial charge in [-0.25, -0.2) is 9.55 Å². The first-order chi connectivity index (χ1) is 13.7. The standard InChI is InChI=1S/C20H32N3O5P/c1-3-4-5-6-7-8-13-27-17-11-9-16(10-12-17)18-14-22-19(23-18)20(2,21)15-28-29(24,25)26/h9-12,14H,3-8,13,15,21H2,1-2H3,(H,22,23)(H2,24,25,26)/t20-/m0/s1. The zero-order valence-corrected chi connectivity index (χ0v) is 18.0. The number of hydrogen-bond donors (Lipinski definition) is 4. The van der Waals surface area contributed by atoms with Gasteiger partial charge >= 0.3 is 7.82 Å². The van der Waals surface area contributed by atoms with Gasteiger partial charge in [0.25, 0.3) is 0 Å². The Balaban J connectivity index is 1.86. The summed E-state index contributed by atoms with van der Waals surface area (Å²) in [5.41, 5.74) is 6.47. The number of unbranched alkanes of at least 4 members (excludes halogenated alkanes) is 5. The quantitative estimate of drug-likeness (QED) is 0.281. The molecule has 1 atom stereocenters. The number of phosphoric acid groups is 1. The van der Waals surface area contributed by atoms with Crippen molar-refractivity contribution in [1.29, 1.82) is 0 Å². The number of ether oxygens (including phenoxy) is 1. The zero-order chi connectivity index (χ0) is 21.3. The first-order valence-corrected chi connectivity index (χ1v) is 11.5. The van der Waals surface area contributed by atoms with Gasteiger partial charge in [0.05, 0.1) is 24.4 Å². The zero-order valence-electron chi connectivity index (χ0n) is 17.1. The number of nitrogens with two attached hydrogens (primary N) is 1. The van der Waals surface area contributed by atoms with E-state index in [4.69, 9.17) is 20.3 Å². The molecule has 9 heteroatoms. The van der Waals surface area contributed by atoms with E-state index in [9.17, 15) is 4.57 Å². The van der Waals surface area contributed by atoms with Gasteiger partial charge in [-0.2, -0.15) is 0 Å². The SMILES string of the molecule is CCCCCCCCOc1ccc(-c2c[nH]c([C@@](C)(N)COP(=O)(O)O)n2)cc1. The first-order valence-electron chi connectivity index (χ1n) is 9.99. The van der Waals surface area contributed by atoms with E-state index in [0.29, 0.717) is 18.1 Å². The third-order valence-corrected chi connectivity index (χ3v) is 5.03. The van der Waals surface area contributed by atoms with Crippen molar-refractivity contribution in [2.24, 2.45) is 5.73 Å². The average Bonchev–Trinajstić information content (AvgIpc) is 3.17. The van der Waals surface area contributed by atoms with Crippen LogP contribution >= 0.6 is 7.82 Å². The molecule has 2 rings (SSSR count). The molecule has 5 N–H and O–H groups in total. The Morgan fingerprint density at radius 1 is 1.14 bits per heavy atom. The Labute approximate surface area is 172 Å². The van der Waals surface area contributed by atoms with E-state index in [0.717, 1.165) is 17.7 Å². The molecule has 0 unspecified atom stereocenters. The number of imidazole rings is 1. The minimum absolute atomic E-state index is 0.366. The highest BCUT2D eigenvalue weighted by Crippen LogP contribution is 2.37. The van der Waals surface area contributed by atoms with Crippen LogP contribution in [0.2, 0.25) is 0 Å². The number of H-pyrrole nitrogens is 1. The molecule has 0 radical (unpaired) electrons. The molecule has 0 bridgehead atoms. The summed E-state index contributed by atoms with van der Waals surface area (Å²) in [4.78, 5) is 25.1. The molecule has 0 aliphatic heterocycles. The molecular formula is C20H32N3O5P. The second-order valence-electron chi connectivity index (χ2n) is 7.46. The number of aromatic nitrogens is 2. The van der Waals surface area contributed by atoms with Crippen LogP contribution in [0.15, 0.2) is 30.5 Å². The highest BCUT2D eigenvalue weighted by molar-refractivity contribution is 7.46. The fraction of sp³-hybridized carbons (Fsp3) is 0.550. The van der Waals surface area contributed by atoms with Crippen LogP contribution in [0.25, 0.3) is 11.3 Å². The van der Waals surface area contributed by atoms with Gasteiger partial charge in [-0.3, -0.25) is 4.52 Å². The lowest BCUT2D eigenvalue weighted by molar-refractivity contribution is 0.155. The molecule has 0 spiro atoms. The van der Waals surface area contributed by atoms with E-state index < -0.39 is 13.4 Å². The summed E-state index contributed by atoms with van der Waals surface area (Å²) in [6.45, 7) is 4.15. The summed E-state index contributed by atoms with van der Waals surface area (Å²) in [5, 5.41) is 0. The smallest absolute Gasteiger partial charge is 0.469 e. The van der Waals surface area contributed by atoms with E-state index in [1.807, 2.05) is 24.3 Å². The molecule has 0 saturated heterocycles. The topological polar surface area (TPSA) is 131 Å². The van der Waals surface area contributed by atoms with E-state index in [1.54, 1.807) is 13.1 Å². The van der Waals surface area contributed by atoms with E-state index in [-0.39, 0.29) is 6.61 Å². The lowest BCUT2D eigenvalue weighted by atomic mass is 10.1. The van der Waals surface area contributed by atoms with Crippen molar-refractivity contribution in [3.05, 3.63) is 36.3 Å². The average molecular weight is 425 g/mol. The fourth-order valence-corrected chi connectivity index (χ4v) is 3.28. The van der Waals surface area contributed by atoms with Crippen molar-refractivity contribution in [1.82, 2.24) is 9.97 Å². The van der Waals surface area contributed by atoms with Crippen LogP contribution in [0.3, 0.4) is 0 Å². The normalized spacial score (nSPS) is 14.0. The Bertz CT molecular complexity index is 786. The summed E-state index contributed by atoms with van der Waals surface area (Å²) in [6, 6.07) is 7.63. The highest BCUT2D eigenvalue weighted by Gasteiger charge is 2.29. The number of hydrogen-bond acceptors (Lipinski definition) is 5. The molecule has 0 aliphatic carbocycles. The second-order valence-corrected chi connectivity index (χ2v) is 8.70. The van der Waals surface area contributed by atoms with E-state index >= 15 is 0 Å². The molecule has 2 aromatic rings. The molecule has 0 aliphatic rings. The van der Waals surface area contributed by atoms with Crippen molar-refractivity contribution in [3.8, 4) is 17.0 Å². The maximum Gasteiger partial charge on any atom is 0.469 e. The Kier molecular flexibility index (Phi) is 8.86. The second kappa shape index (κ2) is 10.9. The number of phosphoric ester groups is 1. The van der Waals surface area contributed by atoms with Crippen LogP contribution in [0.4, 0.5) is 0 Å². The molecule has 0 saturated carbocycles. The number of nitrogens with zero attached hydrogens (tertiary/aromatic N) is 1. The first kappa shape index (κ1) is 23.6. The van der Waals surface area contributed by atoms with Crippen LogP contribution in [-0.4, -0.2) is 33.0 Å². The van der Waals surface area contributed by atoms with Crippen LogP contribution in [0.5, 0.6) is 5.75 Å². The number of benzene rings is 1. The van der Waals surface area contributed by atoms with Gasteiger partial charge in [0.1, 0.15) is 11.6 Å². The van der Waals surface area contributed by atoms with E-state index in [1.165, 1.54) is 32.1 Å². The molecule has 0 amide bonds. The van der Waals surface area contributed by atoms with Crippen molar-refractivity contribution in [3.63, 3.8) is 0 Å². The van der Waals surface area contributed by atoms with Gasteiger partial charge < -0.3 is 25.2 Å². The molecule has 0 fully saturated rings. The van der Waals surface area contributed by atoms with Crippen LogP contribution in [-0.2, 0) is 14.6 Å². The molecule has 162 valence electrons. The number of aromatic amines is 1. The Morgan fingerprint density at radius 3 is 2.45 bits per heavy atom. The summed E-state index contributed by atoms with van der Waals surface area (Å²) in [5.74, 6) is 1.20. The summed E-state index contributed by atoms with van der Waals surface area (Å²) in [6.07, 6.45) is 9.06. The van der Waals surface area contributed by atoms with Crippen molar-refractivity contribution in [2.45, 2.75) is 57.9 Å². The van der Waals surface area contributed by atoms with Gasteiger partial charge in [0, 0.05) is 11.8 Å². The number of nitrogens with one attached hydrogen (secondary N) is 1. The molecular weight excluding hydrogens is 393 g/mol. The van der Waals surface area contributed by atoms with Crippen LogP contribution in [0.1, 0.15) is 58.2 Å². The van der Waals surface area contributed by atoms with Crippen molar-refractivity contribution < 1.29 is 23.6 Å². The lowest BCUT2D eigenvalue weighted by Gasteiger charge is -2.21. The molecule has 1 aromatic carbocycles. The van der Waals surface area contributed by atoms with Gasteiger partial charge in [-0.1, -0.05) is 39.0 Å². The third-order valence-electron chi connectivity index (χ3n) is 4.57. The van der Waals surface area contributed by atoms with Gasteiger partial charge in [0.15, 0.2) is 0 Å². The predicted molar refractivity (Wildman–Crippen MR) is 112 cm³/mol. The minimum Gasteiger partial charge on any atom is -0.494 e. The summed E-state index contributed by atoms with van der Waals surface area (Å²) < 4.78 is 21.2. The van der Waals surface area contributed by atoms with Gasteiger partial charge in [-0.15, -0.1) is 0 Å². The Morgan fingerprint density at radius 2 is 1.79 bits per heavy atom. The highest BCUT2D eigenvalue weighted by atomic mass is 31.2. The lowest BCUT2D eigenvalue weighted by Crippen LogP contribution is -2.39. The monoisotopic (exact) mass is 425 g/mol. The third kappa shape index (κ3) is 8.28. The molecule has 1 heterocycles. The predicted octanol–water partition coefficient (Wildman–Crippen LogP) is 4.10. The maximum atomic E-state index is 10.9. The molecule has 29 heavy (non-hydrogen) atoms. The van der Waals surface area contributed by atoms with Crippen molar-refractivity contribution >= 4 is 7.82 Å². The van der Waals surface area contributed by atoms with Crippen LogP contribution in [0, 0.1) is 0 Å². The molecule has 1 aromatic heterocycles. The van der Waals surface area contributed by atoms with Gasteiger partial charge in [0.2, 0.25) is 0 Å². The van der Waals surface area contributed by atoms with Crippen LogP contribution < -0.4 is 10.5 Å². The minimum atomic E-state index is -4.59. The van der Waals surface area contributed by atoms with Gasteiger partial charge in [-0.05, 0) is 37.6 Å². The number of rotatable bonds is 13. The van der Waals surface area contributed by atoms with E-state index in [2.05, 4.69) is 21.4 Å². The Hall–Kier alpha value is -1.70. The van der Waals surface area contributed by atoms with Crippen molar-refractivity contribution in [2.75, 3.05) is 13.2 Å².